The topological polar surface area (TPSA) is 49.3 Å². The second kappa shape index (κ2) is 5.19. The van der Waals surface area contributed by atoms with E-state index in [1.165, 1.54) is 0 Å². The van der Waals surface area contributed by atoms with Crippen LogP contribution in [0.5, 0.6) is 0 Å². The van der Waals surface area contributed by atoms with Crippen LogP contribution in [0.3, 0.4) is 0 Å². The standard InChI is InChI=1S/C8H14F3NO2/c1-5(2)3-6(7(13)14)12-4-8(9,10)11/h5-6,12H,3-4H2,1-2H3,(H,13,14). The quantitative estimate of drug-likeness (QED) is 0.729. The van der Waals surface area contributed by atoms with Crippen LogP contribution in [0.2, 0.25) is 0 Å². The van der Waals surface area contributed by atoms with Gasteiger partial charge >= 0.3 is 12.1 Å². The monoisotopic (exact) mass is 213 g/mol. The average Bonchev–Trinajstić information content (AvgIpc) is 1.94. The zero-order valence-corrected chi connectivity index (χ0v) is 8.06. The Balaban J connectivity index is 4.05. The van der Waals surface area contributed by atoms with Crippen molar-refractivity contribution in [2.24, 2.45) is 5.92 Å². The maximum atomic E-state index is 11.8. The third-order valence-corrected chi connectivity index (χ3v) is 1.55. The zero-order chi connectivity index (χ0) is 11.4. The molecule has 1 unspecified atom stereocenters. The summed E-state index contributed by atoms with van der Waals surface area (Å²) in [6.45, 7) is 2.24. The molecular weight excluding hydrogens is 199 g/mol. The fourth-order valence-corrected chi connectivity index (χ4v) is 0.982. The Morgan fingerprint density at radius 1 is 1.43 bits per heavy atom. The minimum atomic E-state index is -4.37. The van der Waals surface area contributed by atoms with Crippen molar-refractivity contribution in [1.82, 2.24) is 5.32 Å². The van der Waals surface area contributed by atoms with Gasteiger partial charge in [-0.3, -0.25) is 10.1 Å². The van der Waals surface area contributed by atoms with Gasteiger partial charge in [-0.05, 0) is 12.3 Å². The summed E-state index contributed by atoms with van der Waals surface area (Å²) in [6, 6.07) is -1.13. The van der Waals surface area contributed by atoms with Crippen LogP contribution in [0.25, 0.3) is 0 Å². The Hall–Kier alpha value is -0.780. The lowest BCUT2D eigenvalue weighted by atomic mass is 10.0. The summed E-state index contributed by atoms with van der Waals surface area (Å²) in [7, 11) is 0. The maximum Gasteiger partial charge on any atom is 0.401 e. The van der Waals surface area contributed by atoms with Crippen molar-refractivity contribution in [3.63, 3.8) is 0 Å². The predicted molar refractivity (Wildman–Crippen MR) is 44.9 cm³/mol. The fraction of sp³-hybridized carbons (Fsp3) is 0.875. The molecule has 6 heteroatoms. The fourth-order valence-electron chi connectivity index (χ4n) is 0.982. The number of carbonyl (C=O) groups is 1. The molecule has 0 rings (SSSR count). The first kappa shape index (κ1) is 13.2. The summed E-state index contributed by atoms with van der Waals surface area (Å²) in [5, 5.41) is 10.6. The van der Waals surface area contributed by atoms with E-state index in [1.807, 2.05) is 5.32 Å². The molecule has 0 heterocycles. The van der Waals surface area contributed by atoms with E-state index in [-0.39, 0.29) is 12.3 Å². The van der Waals surface area contributed by atoms with Crippen LogP contribution >= 0.6 is 0 Å². The summed E-state index contributed by atoms with van der Waals surface area (Å²) < 4.78 is 35.3. The predicted octanol–water partition coefficient (Wildman–Crippen LogP) is 1.64. The van der Waals surface area contributed by atoms with Crippen molar-refractivity contribution >= 4 is 5.97 Å². The van der Waals surface area contributed by atoms with Gasteiger partial charge in [0.15, 0.2) is 0 Å². The van der Waals surface area contributed by atoms with Crippen LogP contribution in [-0.2, 0) is 4.79 Å². The van der Waals surface area contributed by atoms with Crippen LogP contribution in [0.15, 0.2) is 0 Å². The third-order valence-electron chi connectivity index (χ3n) is 1.55. The van der Waals surface area contributed by atoms with E-state index < -0.39 is 24.7 Å². The highest BCUT2D eigenvalue weighted by Crippen LogP contribution is 2.14. The molecule has 1 atom stereocenters. The molecule has 2 N–H and O–H groups in total. The Labute approximate surface area is 80.3 Å². The molecule has 0 bridgehead atoms. The van der Waals surface area contributed by atoms with E-state index >= 15 is 0 Å². The number of carboxylic acid groups (broad SMARTS) is 1. The largest absolute Gasteiger partial charge is 0.480 e. The number of aliphatic carboxylic acids is 1. The van der Waals surface area contributed by atoms with Crippen LogP contribution in [0.4, 0.5) is 13.2 Å². The molecule has 0 saturated heterocycles. The molecule has 0 saturated carbocycles. The van der Waals surface area contributed by atoms with E-state index in [2.05, 4.69) is 0 Å². The van der Waals surface area contributed by atoms with Crippen LogP contribution < -0.4 is 5.32 Å². The zero-order valence-electron chi connectivity index (χ0n) is 8.06. The number of alkyl halides is 3. The van der Waals surface area contributed by atoms with Gasteiger partial charge < -0.3 is 5.11 Å². The van der Waals surface area contributed by atoms with E-state index in [4.69, 9.17) is 5.11 Å². The molecule has 0 fully saturated rings. The van der Waals surface area contributed by atoms with Crippen LogP contribution in [0, 0.1) is 5.92 Å². The molecule has 0 radical (unpaired) electrons. The number of hydrogen-bond donors (Lipinski definition) is 2. The highest BCUT2D eigenvalue weighted by Gasteiger charge is 2.30. The molecule has 14 heavy (non-hydrogen) atoms. The number of nitrogens with one attached hydrogen (secondary N) is 1. The first-order valence-electron chi connectivity index (χ1n) is 4.25. The molecule has 84 valence electrons. The molecule has 0 amide bonds. The third kappa shape index (κ3) is 6.71. The van der Waals surface area contributed by atoms with Gasteiger partial charge in [0.25, 0.3) is 0 Å². The highest BCUT2D eigenvalue weighted by atomic mass is 19.4. The summed E-state index contributed by atoms with van der Waals surface area (Å²) in [5.74, 6) is -1.21. The van der Waals surface area contributed by atoms with Gasteiger partial charge in [0.1, 0.15) is 6.04 Å². The lowest BCUT2D eigenvalue weighted by Crippen LogP contribution is -2.42. The van der Waals surface area contributed by atoms with E-state index in [9.17, 15) is 18.0 Å². The Bertz CT molecular complexity index is 192. The molecule has 0 aliphatic rings. The number of halogens is 3. The molecule has 0 aromatic rings. The summed E-state index contributed by atoms with van der Waals surface area (Å²) >= 11 is 0. The van der Waals surface area contributed by atoms with Gasteiger partial charge in [-0.1, -0.05) is 13.8 Å². The summed E-state index contributed by atoms with van der Waals surface area (Å²) in [5.41, 5.74) is 0. The van der Waals surface area contributed by atoms with Crippen molar-refractivity contribution in [2.75, 3.05) is 6.54 Å². The first-order chi connectivity index (χ1) is 6.22. The highest BCUT2D eigenvalue weighted by molar-refractivity contribution is 5.73. The van der Waals surface area contributed by atoms with Crippen molar-refractivity contribution in [3.05, 3.63) is 0 Å². The Morgan fingerprint density at radius 3 is 2.21 bits per heavy atom. The van der Waals surface area contributed by atoms with Crippen molar-refractivity contribution in [1.29, 1.82) is 0 Å². The summed E-state index contributed by atoms with van der Waals surface area (Å²) in [6.07, 6.45) is -4.18. The van der Waals surface area contributed by atoms with Crippen molar-refractivity contribution in [2.45, 2.75) is 32.5 Å². The van der Waals surface area contributed by atoms with Gasteiger partial charge in [-0.2, -0.15) is 13.2 Å². The first-order valence-corrected chi connectivity index (χ1v) is 4.25. The molecule has 0 aliphatic carbocycles. The van der Waals surface area contributed by atoms with Gasteiger partial charge in [-0.25, -0.2) is 0 Å². The Morgan fingerprint density at radius 2 is 1.93 bits per heavy atom. The smallest absolute Gasteiger partial charge is 0.401 e. The molecule has 0 spiro atoms. The SMILES string of the molecule is CC(C)CC(NCC(F)(F)F)C(=O)O. The van der Waals surface area contributed by atoms with Crippen molar-refractivity contribution < 1.29 is 23.1 Å². The molecule has 0 aromatic carbocycles. The van der Waals surface area contributed by atoms with Gasteiger partial charge in [-0.15, -0.1) is 0 Å². The van der Waals surface area contributed by atoms with Crippen LogP contribution in [-0.4, -0.2) is 29.8 Å². The minimum Gasteiger partial charge on any atom is -0.480 e. The van der Waals surface area contributed by atoms with Crippen molar-refractivity contribution in [3.8, 4) is 0 Å². The second-order valence-corrected chi connectivity index (χ2v) is 3.52. The number of rotatable bonds is 5. The van der Waals surface area contributed by atoms with E-state index in [1.54, 1.807) is 13.8 Å². The molecule has 3 nitrogen and oxygen atoms in total. The van der Waals surface area contributed by atoms with E-state index in [0.29, 0.717) is 0 Å². The van der Waals surface area contributed by atoms with Gasteiger partial charge in [0, 0.05) is 0 Å². The lowest BCUT2D eigenvalue weighted by molar-refractivity contribution is -0.143. The molecule has 0 aromatic heterocycles. The van der Waals surface area contributed by atoms with E-state index in [0.717, 1.165) is 0 Å². The maximum absolute atomic E-state index is 11.8. The van der Waals surface area contributed by atoms with Gasteiger partial charge in [0.05, 0.1) is 6.54 Å². The normalized spacial score (nSPS) is 14.4. The molecular formula is C8H14F3NO2. The molecule has 0 aliphatic heterocycles. The average molecular weight is 213 g/mol. The minimum absolute atomic E-state index is 0.0387. The summed E-state index contributed by atoms with van der Waals surface area (Å²) in [4.78, 5) is 10.5. The Kier molecular flexibility index (Phi) is 4.90. The van der Waals surface area contributed by atoms with Crippen LogP contribution in [0.1, 0.15) is 20.3 Å². The number of carboxylic acids is 1. The number of hydrogen-bond acceptors (Lipinski definition) is 2. The second-order valence-electron chi connectivity index (χ2n) is 3.52. The lowest BCUT2D eigenvalue weighted by Gasteiger charge is -2.17. The van der Waals surface area contributed by atoms with Gasteiger partial charge in [0.2, 0.25) is 0 Å².